The molecule has 0 aromatic heterocycles. The van der Waals surface area contributed by atoms with Gasteiger partial charge in [0.25, 0.3) is 0 Å². The van der Waals surface area contributed by atoms with Gasteiger partial charge in [-0.25, -0.2) is 4.57 Å². The van der Waals surface area contributed by atoms with Crippen molar-refractivity contribution >= 4 is 7.91 Å². The molecular formula is C36H73FNO3P. The lowest BCUT2D eigenvalue weighted by atomic mass is 10.1. The average Bonchev–Trinajstić information content (AvgIpc) is 2.94. The minimum absolute atomic E-state index is 1.23. The van der Waals surface area contributed by atoms with Gasteiger partial charge in [0.05, 0.1) is 0 Å². The Morgan fingerprint density at radius 1 is 0.452 bits per heavy atom. The van der Waals surface area contributed by atoms with Crippen LogP contribution in [0, 0.1) is 0 Å². The highest BCUT2D eigenvalue weighted by Gasteiger charge is 2.04. The van der Waals surface area contributed by atoms with Crippen LogP contribution in [0.25, 0.3) is 0 Å². The van der Waals surface area contributed by atoms with Crippen LogP contribution in [0.3, 0.4) is 0 Å². The fourth-order valence-electron chi connectivity index (χ4n) is 5.12. The monoisotopic (exact) mass is 618 g/mol. The first-order valence-electron chi connectivity index (χ1n) is 18.2. The Morgan fingerprint density at radius 2 is 0.667 bits per heavy atom. The lowest BCUT2D eigenvalue weighted by molar-refractivity contribution is 0.322. The number of allylic oxidation sites excluding steroid dienone is 4. The minimum atomic E-state index is -5.14. The Morgan fingerprint density at radius 3 is 0.929 bits per heavy atom. The van der Waals surface area contributed by atoms with E-state index >= 15 is 0 Å². The maximum Gasteiger partial charge on any atom is 0.507 e. The molecule has 0 heterocycles. The second kappa shape index (κ2) is 38.5. The summed E-state index contributed by atoms with van der Waals surface area (Å²) in [7, 11) is -5.14. The molecule has 6 heteroatoms. The maximum atomic E-state index is 10.4. The van der Waals surface area contributed by atoms with Gasteiger partial charge in [-0.05, 0) is 77.3 Å². The zero-order chi connectivity index (χ0) is 31.2. The molecule has 0 aliphatic carbocycles. The molecule has 0 fully saturated rings. The van der Waals surface area contributed by atoms with Gasteiger partial charge in [0.2, 0.25) is 0 Å². The molecule has 42 heavy (non-hydrogen) atoms. The molecule has 0 aliphatic heterocycles. The van der Waals surface area contributed by atoms with Crippen LogP contribution < -0.4 is 5.32 Å². The average molecular weight is 618 g/mol. The summed E-state index contributed by atoms with van der Waals surface area (Å²) in [6, 6.07) is 0. The van der Waals surface area contributed by atoms with E-state index in [1.54, 1.807) is 0 Å². The van der Waals surface area contributed by atoms with Gasteiger partial charge in [-0.3, -0.25) is 9.79 Å². The summed E-state index contributed by atoms with van der Waals surface area (Å²) in [6.07, 6.45) is 48.8. The Bertz CT molecular complexity index is 546. The topological polar surface area (TPSA) is 69.6 Å². The van der Waals surface area contributed by atoms with Crippen LogP contribution >= 0.6 is 7.91 Å². The van der Waals surface area contributed by atoms with Crippen LogP contribution in [0.5, 0.6) is 0 Å². The van der Waals surface area contributed by atoms with Gasteiger partial charge in [-0.15, -0.1) is 4.20 Å². The van der Waals surface area contributed by atoms with E-state index in [1.807, 2.05) is 0 Å². The van der Waals surface area contributed by atoms with Gasteiger partial charge < -0.3 is 5.32 Å². The van der Waals surface area contributed by atoms with E-state index in [4.69, 9.17) is 14.4 Å². The molecule has 0 bridgehead atoms. The summed E-state index contributed by atoms with van der Waals surface area (Å²) >= 11 is 0. The number of hydrogen-bond acceptors (Lipinski definition) is 2. The highest BCUT2D eigenvalue weighted by Crippen LogP contribution is 2.35. The molecule has 0 spiro atoms. The largest absolute Gasteiger partial charge is 0.507 e. The number of halogens is 1. The minimum Gasteiger partial charge on any atom is -0.317 e. The first kappa shape index (κ1) is 43.6. The molecule has 252 valence electrons. The second-order valence-corrected chi connectivity index (χ2v) is 13.0. The second-order valence-electron chi connectivity index (χ2n) is 12.1. The molecule has 0 aromatic rings. The van der Waals surface area contributed by atoms with Crippen molar-refractivity contribution in [3.8, 4) is 0 Å². The third-order valence-electron chi connectivity index (χ3n) is 7.73. The van der Waals surface area contributed by atoms with Crippen LogP contribution in [0.2, 0.25) is 0 Å². The van der Waals surface area contributed by atoms with E-state index in [0.717, 1.165) is 0 Å². The quantitative estimate of drug-likeness (QED) is 0.0399. The van der Waals surface area contributed by atoms with E-state index in [9.17, 15) is 4.20 Å². The summed E-state index contributed by atoms with van der Waals surface area (Å²) < 4.78 is 19.0. The fraction of sp³-hybridized carbons (Fsp3) is 0.889. The lowest BCUT2D eigenvalue weighted by Gasteiger charge is -2.05. The third-order valence-corrected chi connectivity index (χ3v) is 7.73. The zero-order valence-corrected chi connectivity index (χ0v) is 29.0. The first-order valence-corrected chi connectivity index (χ1v) is 19.7. The number of nitrogens with one attached hydrogen (secondary N) is 1. The standard InChI is InChI=1S/C36H71N.FH2O3P/c1-3-5-7-9-11-13-15-17-19-21-23-25-27-29-31-33-35-37-36-34-32-30-28-26-24-22-20-18-16-14-12-10-8-6-4-2;1-5(2,3)4/h17-20,37H,3-16,21-36H2,1-2H3;(H2,2,3,4). The van der Waals surface area contributed by atoms with Crippen LogP contribution in [0.4, 0.5) is 4.20 Å². The highest BCUT2D eigenvalue weighted by atomic mass is 31.2. The van der Waals surface area contributed by atoms with Crippen molar-refractivity contribution in [2.75, 3.05) is 13.1 Å². The van der Waals surface area contributed by atoms with E-state index in [-0.39, 0.29) is 0 Å². The normalized spacial score (nSPS) is 11.9. The summed E-state index contributed by atoms with van der Waals surface area (Å²) in [5.41, 5.74) is 0. The van der Waals surface area contributed by atoms with E-state index < -0.39 is 7.91 Å². The van der Waals surface area contributed by atoms with E-state index in [2.05, 4.69) is 43.5 Å². The SMILES string of the molecule is CCCCCCCCC=CCCCCCCCCNCCCCCCCCC=CCCCCCCCC.O=P(O)(O)F. The highest BCUT2D eigenvalue weighted by molar-refractivity contribution is 7.45. The molecule has 3 N–H and O–H groups in total. The zero-order valence-electron chi connectivity index (χ0n) is 28.2. The van der Waals surface area contributed by atoms with Crippen molar-refractivity contribution < 1.29 is 18.5 Å². The molecule has 0 atom stereocenters. The molecule has 0 rings (SSSR count). The summed E-state index contributed by atoms with van der Waals surface area (Å²) in [6.45, 7) is 7.04. The smallest absolute Gasteiger partial charge is 0.317 e. The number of hydrogen-bond donors (Lipinski definition) is 3. The summed E-state index contributed by atoms with van der Waals surface area (Å²) in [5.74, 6) is 0. The van der Waals surface area contributed by atoms with Gasteiger partial charge in [0, 0.05) is 0 Å². The predicted octanol–water partition coefficient (Wildman–Crippen LogP) is 12.7. The van der Waals surface area contributed by atoms with E-state index in [0.29, 0.717) is 0 Å². The van der Waals surface area contributed by atoms with Crippen molar-refractivity contribution in [1.29, 1.82) is 0 Å². The lowest BCUT2D eigenvalue weighted by Crippen LogP contribution is -2.16. The van der Waals surface area contributed by atoms with Crippen molar-refractivity contribution in [2.45, 2.75) is 194 Å². The Balaban J connectivity index is 0. The summed E-state index contributed by atoms with van der Waals surface area (Å²) in [4.78, 5) is 13.9. The van der Waals surface area contributed by atoms with Gasteiger partial charge in [0.15, 0.2) is 0 Å². The number of rotatable bonds is 32. The molecule has 0 aromatic carbocycles. The molecule has 4 nitrogen and oxygen atoms in total. The molecule has 0 amide bonds. The molecular weight excluding hydrogens is 544 g/mol. The van der Waals surface area contributed by atoms with Crippen LogP contribution in [0.1, 0.15) is 194 Å². The van der Waals surface area contributed by atoms with Crippen molar-refractivity contribution in [3.63, 3.8) is 0 Å². The molecule has 0 aliphatic rings. The van der Waals surface area contributed by atoms with Crippen LogP contribution in [0.15, 0.2) is 24.3 Å². The van der Waals surface area contributed by atoms with Crippen molar-refractivity contribution in [1.82, 2.24) is 5.32 Å². The summed E-state index contributed by atoms with van der Waals surface area (Å²) in [5, 5.41) is 3.67. The van der Waals surface area contributed by atoms with Crippen molar-refractivity contribution in [2.24, 2.45) is 0 Å². The predicted molar refractivity (Wildman–Crippen MR) is 185 cm³/mol. The third kappa shape index (κ3) is 52.2. The van der Waals surface area contributed by atoms with Gasteiger partial charge >= 0.3 is 7.91 Å². The Labute approximate surface area is 262 Å². The van der Waals surface area contributed by atoms with Gasteiger partial charge in [-0.2, -0.15) is 0 Å². The Hall–Kier alpha value is -0.480. The fourth-order valence-corrected chi connectivity index (χ4v) is 5.12. The Kier molecular flexibility index (Phi) is 40.1. The molecule has 0 saturated heterocycles. The molecule has 0 radical (unpaired) electrons. The van der Waals surface area contributed by atoms with Crippen LogP contribution in [-0.2, 0) is 4.57 Å². The van der Waals surface area contributed by atoms with E-state index in [1.165, 1.54) is 193 Å². The number of unbranched alkanes of at least 4 members (excludes halogenated alkanes) is 24. The maximum absolute atomic E-state index is 10.4. The first-order chi connectivity index (χ1) is 20.4. The van der Waals surface area contributed by atoms with Gasteiger partial charge in [0.1, 0.15) is 0 Å². The van der Waals surface area contributed by atoms with Gasteiger partial charge in [-0.1, -0.05) is 154 Å². The molecule has 0 saturated carbocycles. The van der Waals surface area contributed by atoms with Crippen molar-refractivity contribution in [3.05, 3.63) is 24.3 Å². The molecule has 0 unspecified atom stereocenters. The van der Waals surface area contributed by atoms with Crippen LogP contribution in [-0.4, -0.2) is 22.9 Å².